The molecule has 0 bridgehead atoms. The second kappa shape index (κ2) is 5.57. The van der Waals surface area contributed by atoms with Gasteiger partial charge in [0.15, 0.2) is 5.13 Å². The number of benzene rings is 1. The molecule has 1 aromatic carbocycles. The van der Waals surface area contributed by atoms with Gasteiger partial charge in [-0.15, -0.1) is 11.3 Å². The van der Waals surface area contributed by atoms with Gasteiger partial charge >= 0.3 is 0 Å². The van der Waals surface area contributed by atoms with E-state index in [9.17, 15) is 4.39 Å². The van der Waals surface area contributed by atoms with Gasteiger partial charge in [0.2, 0.25) is 5.95 Å². The Morgan fingerprint density at radius 2 is 1.90 bits per heavy atom. The van der Waals surface area contributed by atoms with Gasteiger partial charge in [-0.05, 0) is 43.7 Å². The van der Waals surface area contributed by atoms with Gasteiger partial charge < -0.3 is 5.32 Å². The Balaban J connectivity index is 1.92. The number of anilines is 2. The van der Waals surface area contributed by atoms with E-state index >= 15 is 0 Å². The van der Waals surface area contributed by atoms with Gasteiger partial charge in [0.05, 0.1) is 5.69 Å². The summed E-state index contributed by atoms with van der Waals surface area (Å²) < 4.78 is 13.4. The molecule has 0 saturated heterocycles. The molecule has 3 rings (SSSR count). The molecule has 0 aliphatic rings. The first-order chi connectivity index (χ1) is 10.1. The standard InChI is InChI=1S/C15H13FN4S/c1-9-8-11(4-5-12(9)16)13-10(2)21-15(19-13)20-14-17-6-3-7-18-14/h3-8H,1-2H3,(H,17,18,19,20). The highest BCUT2D eigenvalue weighted by molar-refractivity contribution is 7.16. The molecular weight excluding hydrogens is 287 g/mol. The van der Waals surface area contributed by atoms with E-state index < -0.39 is 0 Å². The van der Waals surface area contributed by atoms with Crippen LogP contribution in [0, 0.1) is 19.7 Å². The highest BCUT2D eigenvalue weighted by Crippen LogP contribution is 2.32. The third-order valence-electron chi connectivity index (χ3n) is 3.01. The molecule has 0 spiro atoms. The molecule has 6 heteroatoms. The summed E-state index contributed by atoms with van der Waals surface area (Å²) in [5.41, 5.74) is 2.37. The van der Waals surface area contributed by atoms with Crippen LogP contribution in [-0.4, -0.2) is 15.0 Å². The monoisotopic (exact) mass is 300 g/mol. The molecular formula is C15H13FN4S. The molecule has 0 saturated carbocycles. The molecule has 3 aromatic rings. The molecule has 2 aromatic heterocycles. The van der Waals surface area contributed by atoms with Gasteiger partial charge in [0, 0.05) is 22.8 Å². The van der Waals surface area contributed by atoms with E-state index in [0.717, 1.165) is 21.3 Å². The number of rotatable bonds is 3. The van der Waals surface area contributed by atoms with Gasteiger partial charge in [0.1, 0.15) is 5.82 Å². The largest absolute Gasteiger partial charge is 0.300 e. The number of hydrogen-bond donors (Lipinski definition) is 1. The number of aromatic nitrogens is 3. The first-order valence-corrected chi connectivity index (χ1v) is 7.23. The van der Waals surface area contributed by atoms with Crippen molar-refractivity contribution < 1.29 is 4.39 Å². The van der Waals surface area contributed by atoms with E-state index in [1.165, 1.54) is 17.4 Å². The van der Waals surface area contributed by atoms with E-state index in [2.05, 4.69) is 20.3 Å². The average Bonchev–Trinajstić information content (AvgIpc) is 2.84. The van der Waals surface area contributed by atoms with Gasteiger partial charge in [-0.2, -0.15) is 0 Å². The number of nitrogens with zero attached hydrogens (tertiary/aromatic N) is 3. The zero-order valence-corrected chi connectivity index (χ0v) is 12.4. The molecule has 0 fully saturated rings. The molecule has 21 heavy (non-hydrogen) atoms. The van der Waals surface area contributed by atoms with Crippen LogP contribution < -0.4 is 5.32 Å². The Morgan fingerprint density at radius 3 is 2.62 bits per heavy atom. The van der Waals surface area contributed by atoms with E-state index in [1.807, 2.05) is 6.92 Å². The van der Waals surface area contributed by atoms with Gasteiger partial charge in [0.25, 0.3) is 0 Å². The topological polar surface area (TPSA) is 50.7 Å². The molecule has 0 atom stereocenters. The molecule has 2 heterocycles. The average molecular weight is 300 g/mol. The molecule has 0 radical (unpaired) electrons. The third kappa shape index (κ3) is 2.90. The summed E-state index contributed by atoms with van der Waals surface area (Å²) in [6.07, 6.45) is 3.33. The quantitative estimate of drug-likeness (QED) is 0.791. The van der Waals surface area contributed by atoms with Crippen LogP contribution in [0.3, 0.4) is 0 Å². The van der Waals surface area contributed by atoms with Crippen molar-refractivity contribution in [3.05, 3.63) is 52.9 Å². The van der Waals surface area contributed by atoms with E-state index in [-0.39, 0.29) is 5.82 Å². The van der Waals surface area contributed by atoms with Crippen molar-refractivity contribution in [2.75, 3.05) is 5.32 Å². The van der Waals surface area contributed by atoms with Crippen LogP contribution in [0.15, 0.2) is 36.7 Å². The van der Waals surface area contributed by atoms with Crippen LogP contribution in [0.25, 0.3) is 11.3 Å². The predicted molar refractivity (Wildman–Crippen MR) is 82.3 cm³/mol. The SMILES string of the molecule is Cc1cc(-c2nc(Nc3ncccn3)sc2C)ccc1F. The van der Waals surface area contributed by atoms with Crippen molar-refractivity contribution in [1.29, 1.82) is 0 Å². The zero-order valence-electron chi connectivity index (χ0n) is 11.6. The number of nitrogens with one attached hydrogen (secondary N) is 1. The van der Waals surface area contributed by atoms with Crippen LogP contribution in [-0.2, 0) is 0 Å². The highest BCUT2D eigenvalue weighted by atomic mass is 32.1. The normalized spacial score (nSPS) is 10.6. The maximum absolute atomic E-state index is 13.4. The fraction of sp³-hybridized carbons (Fsp3) is 0.133. The van der Waals surface area contributed by atoms with E-state index in [4.69, 9.17) is 0 Å². The molecule has 0 aliphatic carbocycles. The summed E-state index contributed by atoms with van der Waals surface area (Å²) in [5.74, 6) is 0.302. The Bertz CT molecular complexity index is 771. The summed E-state index contributed by atoms with van der Waals surface area (Å²) >= 11 is 1.52. The molecule has 0 aliphatic heterocycles. The van der Waals surface area contributed by atoms with Crippen LogP contribution in [0.4, 0.5) is 15.5 Å². The second-order valence-electron chi connectivity index (χ2n) is 4.59. The minimum absolute atomic E-state index is 0.206. The molecule has 0 amide bonds. The molecule has 1 N–H and O–H groups in total. The fourth-order valence-corrected chi connectivity index (χ4v) is 2.80. The lowest BCUT2D eigenvalue weighted by molar-refractivity contribution is 0.619. The Hall–Kier alpha value is -2.34. The number of halogens is 1. The summed E-state index contributed by atoms with van der Waals surface area (Å²) in [7, 11) is 0. The minimum Gasteiger partial charge on any atom is -0.300 e. The summed E-state index contributed by atoms with van der Waals surface area (Å²) in [4.78, 5) is 13.8. The van der Waals surface area contributed by atoms with Gasteiger partial charge in [-0.3, -0.25) is 0 Å². The Kier molecular flexibility index (Phi) is 3.62. The number of thiazole rings is 1. The summed E-state index contributed by atoms with van der Waals surface area (Å²) in [5, 5.41) is 3.79. The predicted octanol–water partition coefficient (Wildman–Crippen LogP) is 4.10. The van der Waals surface area contributed by atoms with Crippen molar-refractivity contribution in [3.63, 3.8) is 0 Å². The third-order valence-corrected chi connectivity index (χ3v) is 3.90. The van der Waals surface area contributed by atoms with Gasteiger partial charge in [-0.25, -0.2) is 19.3 Å². The van der Waals surface area contributed by atoms with Crippen LogP contribution in [0.1, 0.15) is 10.4 Å². The van der Waals surface area contributed by atoms with E-state index in [0.29, 0.717) is 11.5 Å². The summed E-state index contributed by atoms with van der Waals surface area (Å²) in [6, 6.07) is 6.77. The first-order valence-electron chi connectivity index (χ1n) is 6.41. The molecule has 0 unspecified atom stereocenters. The van der Waals surface area contributed by atoms with Crippen LogP contribution >= 0.6 is 11.3 Å². The van der Waals surface area contributed by atoms with Crippen LogP contribution in [0.2, 0.25) is 0 Å². The van der Waals surface area contributed by atoms with Crippen molar-refractivity contribution in [1.82, 2.24) is 15.0 Å². The fourth-order valence-electron chi connectivity index (χ4n) is 1.97. The van der Waals surface area contributed by atoms with Crippen molar-refractivity contribution in [2.24, 2.45) is 0 Å². The number of hydrogen-bond acceptors (Lipinski definition) is 5. The molecule has 106 valence electrons. The van der Waals surface area contributed by atoms with E-state index in [1.54, 1.807) is 37.5 Å². The van der Waals surface area contributed by atoms with Crippen molar-refractivity contribution in [3.8, 4) is 11.3 Å². The first kappa shape index (κ1) is 13.6. The zero-order chi connectivity index (χ0) is 14.8. The molecule has 4 nitrogen and oxygen atoms in total. The van der Waals surface area contributed by atoms with Crippen LogP contribution in [0.5, 0.6) is 0 Å². The number of aryl methyl sites for hydroxylation is 2. The lowest BCUT2D eigenvalue weighted by atomic mass is 10.1. The maximum Gasteiger partial charge on any atom is 0.228 e. The summed E-state index contributed by atoms with van der Waals surface area (Å²) in [6.45, 7) is 3.74. The highest BCUT2D eigenvalue weighted by Gasteiger charge is 2.11. The lowest BCUT2D eigenvalue weighted by Gasteiger charge is -2.01. The Morgan fingerprint density at radius 1 is 1.14 bits per heavy atom. The van der Waals surface area contributed by atoms with Crippen molar-refractivity contribution >= 4 is 22.4 Å². The van der Waals surface area contributed by atoms with Crippen molar-refractivity contribution in [2.45, 2.75) is 13.8 Å². The maximum atomic E-state index is 13.4. The second-order valence-corrected chi connectivity index (χ2v) is 5.79. The van der Waals surface area contributed by atoms with Gasteiger partial charge in [-0.1, -0.05) is 0 Å². The smallest absolute Gasteiger partial charge is 0.228 e. The minimum atomic E-state index is -0.206. The lowest BCUT2D eigenvalue weighted by Crippen LogP contribution is -1.95. The Labute approximate surface area is 125 Å².